The summed E-state index contributed by atoms with van der Waals surface area (Å²) in [7, 11) is 1.77. The smallest absolute Gasteiger partial charge is 0.253 e. The first-order valence-corrected chi connectivity index (χ1v) is 7.69. The molecule has 1 aromatic heterocycles. The van der Waals surface area contributed by atoms with E-state index in [2.05, 4.69) is 10.3 Å². The molecule has 0 radical (unpaired) electrons. The number of aromatic nitrogens is 1. The second kappa shape index (κ2) is 6.60. The molecule has 2 amide bonds. The Bertz CT molecular complexity index is 694. The molecule has 118 valence electrons. The Kier molecular flexibility index (Phi) is 4.37. The van der Waals surface area contributed by atoms with Crippen molar-refractivity contribution >= 4 is 17.5 Å². The second-order valence-corrected chi connectivity index (χ2v) is 5.86. The summed E-state index contributed by atoms with van der Waals surface area (Å²) in [6, 6.07) is 10.8. The maximum absolute atomic E-state index is 12.4. The van der Waals surface area contributed by atoms with Crippen LogP contribution in [0.5, 0.6) is 0 Å². The number of pyridine rings is 1. The molecule has 5 heteroatoms. The fourth-order valence-electron chi connectivity index (χ4n) is 2.34. The van der Waals surface area contributed by atoms with Gasteiger partial charge in [0.05, 0.1) is 0 Å². The molecule has 1 heterocycles. The van der Waals surface area contributed by atoms with Crippen LogP contribution in [0.4, 0.5) is 5.69 Å². The molecule has 1 N–H and O–H groups in total. The summed E-state index contributed by atoms with van der Waals surface area (Å²) in [6.07, 6.45) is 5.38. The molecule has 2 aromatic rings. The summed E-state index contributed by atoms with van der Waals surface area (Å²) in [5.74, 6) is 0.184. The van der Waals surface area contributed by atoms with Gasteiger partial charge in [-0.15, -0.1) is 0 Å². The van der Waals surface area contributed by atoms with Gasteiger partial charge in [-0.3, -0.25) is 14.6 Å². The van der Waals surface area contributed by atoms with Crippen LogP contribution >= 0.6 is 0 Å². The molecule has 0 bridgehead atoms. The van der Waals surface area contributed by atoms with Gasteiger partial charge in [0.15, 0.2) is 0 Å². The molecule has 1 saturated carbocycles. The van der Waals surface area contributed by atoms with E-state index in [-0.39, 0.29) is 17.7 Å². The van der Waals surface area contributed by atoms with Gasteiger partial charge in [0.1, 0.15) is 0 Å². The van der Waals surface area contributed by atoms with E-state index in [1.54, 1.807) is 48.6 Å². The minimum atomic E-state index is -0.0538. The fraction of sp³-hybridized carbons (Fsp3) is 0.278. The molecule has 0 unspecified atom stereocenters. The lowest BCUT2D eigenvalue weighted by molar-refractivity contribution is -0.117. The largest absolute Gasteiger partial charge is 0.337 e. The van der Waals surface area contributed by atoms with E-state index in [4.69, 9.17) is 0 Å². The maximum atomic E-state index is 12.4. The number of nitrogens with zero attached hydrogens (tertiary/aromatic N) is 2. The zero-order chi connectivity index (χ0) is 16.2. The third-order valence-corrected chi connectivity index (χ3v) is 3.86. The Morgan fingerprint density at radius 1 is 1.13 bits per heavy atom. The van der Waals surface area contributed by atoms with Crippen LogP contribution in [-0.4, -0.2) is 28.7 Å². The standard InChI is InChI=1S/C18H19N3O2/c1-21(12-13-8-10-19-11-9-13)18(23)15-4-6-16(7-5-15)20-17(22)14-2-3-14/h4-11,14H,2-3,12H2,1H3,(H,20,22). The van der Waals surface area contributed by atoms with Crippen LogP contribution in [0, 0.1) is 5.92 Å². The van der Waals surface area contributed by atoms with E-state index < -0.39 is 0 Å². The number of carbonyl (C=O) groups excluding carboxylic acids is 2. The van der Waals surface area contributed by atoms with Crippen molar-refractivity contribution < 1.29 is 9.59 Å². The van der Waals surface area contributed by atoms with E-state index in [0.29, 0.717) is 12.1 Å². The van der Waals surface area contributed by atoms with Crippen molar-refractivity contribution in [3.8, 4) is 0 Å². The third kappa shape index (κ3) is 3.94. The summed E-state index contributed by atoms with van der Waals surface area (Å²) in [6.45, 7) is 0.529. The maximum Gasteiger partial charge on any atom is 0.253 e. The van der Waals surface area contributed by atoms with Crippen molar-refractivity contribution in [2.24, 2.45) is 5.92 Å². The van der Waals surface area contributed by atoms with Crippen LogP contribution in [0.3, 0.4) is 0 Å². The van der Waals surface area contributed by atoms with E-state index >= 15 is 0 Å². The van der Waals surface area contributed by atoms with E-state index in [9.17, 15) is 9.59 Å². The summed E-state index contributed by atoms with van der Waals surface area (Å²) in [5.41, 5.74) is 2.37. The van der Waals surface area contributed by atoms with Crippen LogP contribution in [0.1, 0.15) is 28.8 Å². The summed E-state index contributed by atoms with van der Waals surface area (Å²) < 4.78 is 0. The summed E-state index contributed by atoms with van der Waals surface area (Å²) in [4.78, 5) is 29.8. The highest BCUT2D eigenvalue weighted by atomic mass is 16.2. The first-order chi connectivity index (χ1) is 11.1. The van der Waals surface area contributed by atoms with Gasteiger partial charge in [0, 0.05) is 43.2 Å². The van der Waals surface area contributed by atoms with Crippen molar-refractivity contribution in [3.63, 3.8) is 0 Å². The van der Waals surface area contributed by atoms with Crippen molar-refractivity contribution in [2.45, 2.75) is 19.4 Å². The summed E-state index contributed by atoms with van der Waals surface area (Å²) in [5, 5.41) is 2.87. The number of rotatable bonds is 5. The topological polar surface area (TPSA) is 62.3 Å². The number of nitrogens with one attached hydrogen (secondary N) is 1. The van der Waals surface area contributed by atoms with Crippen molar-refractivity contribution in [3.05, 3.63) is 59.9 Å². The van der Waals surface area contributed by atoms with E-state index in [0.717, 1.165) is 24.1 Å². The Hall–Kier alpha value is -2.69. The molecular formula is C18H19N3O2. The van der Waals surface area contributed by atoms with Gasteiger partial charge in [-0.25, -0.2) is 0 Å². The van der Waals surface area contributed by atoms with Gasteiger partial charge in [0.2, 0.25) is 5.91 Å². The van der Waals surface area contributed by atoms with Gasteiger partial charge in [-0.2, -0.15) is 0 Å². The minimum absolute atomic E-state index is 0.0538. The lowest BCUT2D eigenvalue weighted by Gasteiger charge is -2.17. The fourth-order valence-corrected chi connectivity index (χ4v) is 2.34. The molecule has 1 aliphatic rings. The molecule has 0 saturated heterocycles. The number of amides is 2. The molecule has 1 aromatic carbocycles. The van der Waals surface area contributed by atoms with E-state index in [1.165, 1.54) is 0 Å². The molecule has 1 fully saturated rings. The molecule has 5 nitrogen and oxygen atoms in total. The third-order valence-electron chi connectivity index (χ3n) is 3.86. The quantitative estimate of drug-likeness (QED) is 0.923. The highest BCUT2D eigenvalue weighted by Crippen LogP contribution is 2.30. The van der Waals surface area contributed by atoms with Gasteiger partial charge < -0.3 is 10.2 Å². The SMILES string of the molecule is CN(Cc1ccncc1)C(=O)c1ccc(NC(=O)C2CC2)cc1. The lowest BCUT2D eigenvalue weighted by atomic mass is 10.1. The zero-order valence-corrected chi connectivity index (χ0v) is 13.0. The summed E-state index contributed by atoms with van der Waals surface area (Å²) >= 11 is 0. The number of anilines is 1. The average molecular weight is 309 g/mol. The molecule has 0 atom stereocenters. The van der Waals surface area contributed by atoms with Crippen LogP contribution < -0.4 is 5.32 Å². The Morgan fingerprint density at radius 2 is 1.78 bits per heavy atom. The van der Waals surface area contributed by atoms with Gasteiger partial charge >= 0.3 is 0 Å². The number of carbonyl (C=O) groups is 2. The van der Waals surface area contributed by atoms with Crippen LogP contribution in [0.15, 0.2) is 48.8 Å². The van der Waals surface area contributed by atoms with E-state index in [1.807, 2.05) is 12.1 Å². The van der Waals surface area contributed by atoms with Crippen molar-refractivity contribution in [1.29, 1.82) is 0 Å². The molecule has 23 heavy (non-hydrogen) atoms. The Labute approximate surface area is 135 Å². The number of hydrogen-bond donors (Lipinski definition) is 1. The van der Waals surface area contributed by atoms with Crippen LogP contribution in [-0.2, 0) is 11.3 Å². The average Bonchev–Trinajstić information content (AvgIpc) is 3.41. The Balaban J connectivity index is 1.61. The minimum Gasteiger partial charge on any atom is -0.337 e. The number of benzene rings is 1. The molecule has 0 spiro atoms. The highest BCUT2D eigenvalue weighted by molar-refractivity contribution is 5.96. The van der Waals surface area contributed by atoms with Crippen molar-refractivity contribution in [1.82, 2.24) is 9.88 Å². The second-order valence-electron chi connectivity index (χ2n) is 5.86. The molecule has 3 rings (SSSR count). The van der Waals surface area contributed by atoms with Crippen molar-refractivity contribution in [2.75, 3.05) is 12.4 Å². The number of hydrogen-bond acceptors (Lipinski definition) is 3. The van der Waals surface area contributed by atoms with Gasteiger partial charge in [-0.1, -0.05) is 0 Å². The highest BCUT2D eigenvalue weighted by Gasteiger charge is 2.29. The monoisotopic (exact) mass is 309 g/mol. The van der Waals surface area contributed by atoms with Gasteiger partial charge in [0.25, 0.3) is 5.91 Å². The molecule has 1 aliphatic carbocycles. The normalized spacial score (nSPS) is 13.4. The zero-order valence-electron chi connectivity index (χ0n) is 13.0. The molecular weight excluding hydrogens is 290 g/mol. The van der Waals surface area contributed by atoms with Crippen LogP contribution in [0.25, 0.3) is 0 Å². The predicted molar refractivity (Wildman–Crippen MR) is 87.8 cm³/mol. The predicted octanol–water partition coefficient (Wildman–Crippen LogP) is 2.70. The Morgan fingerprint density at radius 3 is 2.39 bits per heavy atom. The molecule has 0 aliphatic heterocycles. The van der Waals surface area contributed by atoms with Crippen LogP contribution in [0.2, 0.25) is 0 Å². The lowest BCUT2D eigenvalue weighted by Crippen LogP contribution is -2.26. The first kappa shape index (κ1) is 15.2. The van der Waals surface area contributed by atoms with Gasteiger partial charge in [-0.05, 0) is 54.8 Å². The first-order valence-electron chi connectivity index (χ1n) is 7.69.